The standard InChI is InChI=1S/C8H4ClNO.C4H11N/c9-8(11)7-3-1-2-6(4-7)5-10;1-2-3-4-5/h1-4H;2-5H2,1H3. The highest BCUT2D eigenvalue weighted by molar-refractivity contribution is 6.67. The van der Waals surface area contributed by atoms with E-state index in [0.29, 0.717) is 11.1 Å². The first kappa shape index (κ1) is 14.6. The zero-order valence-electron chi connectivity index (χ0n) is 9.24. The maximum atomic E-state index is 10.6. The first-order valence-electron chi connectivity index (χ1n) is 5.05. The molecule has 0 aliphatic heterocycles. The lowest BCUT2D eigenvalue weighted by Crippen LogP contribution is -1.95. The summed E-state index contributed by atoms with van der Waals surface area (Å²) in [5.74, 6) is 0. The largest absolute Gasteiger partial charge is 0.330 e. The molecule has 0 radical (unpaired) electrons. The molecule has 0 amide bonds. The van der Waals surface area contributed by atoms with Crippen molar-refractivity contribution in [1.29, 1.82) is 5.26 Å². The summed E-state index contributed by atoms with van der Waals surface area (Å²) in [5, 5.41) is 7.90. The predicted octanol–water partition coefficient (Wildman–Crippen LogP) is 2.68. The van der Waals surface area contributed by atoms with Crippen molar-refractivity contribution in [1.82, 2.24) is 0 Å². The van der Waals surface area contributed by atoms with E-state index >= 15 is 0 Å². The van der Waals surface area contributed by atoms with Gasteiger partial charge in [-0.25, -0.2) is 0 Å². The van der Waals surface area contributed by atoms with Crippen molar-refractivity contribution in [2.24, 2.45) is 5.73 Å². The van der Waals surface area contributed by atoms with Crippen molar-refractivity contribution in [2.45, 2.75) is 19.8 Å². The number of nitrogens with zero attached hydrogens (tertiary/aromatic N) is 1. The molecule has 0 aromatic heterocycles. The minimum atomic E-state index is -0.540. The van der Waals surface area contributed by atoms with Crippen molar-refractivity contribution in [3.05, 3.63) is 35.4 Å². The van der Waals surface area contributed by atoms with Gasteiger partial charge in [-0.15, -0.1) is 0 Å². The maximum Gasteiger partial charge on any atom is 0.252 e. The van der Waals surface area contributed by atoms with Crippen LogP contribution in [0.3, 0.4) is 0 Å². The predicted molar refractivity (Wildman–Crippen MR) is 65.3 cm³/mol. The molecular formula is C12H15ClN2O. The smallest absolute Gasteiger partial charge is 0.252 e. The summed E-state index contributed by atoms with van der Waals surface area (Å²) in [6, 6.07) is 8.16. The van der Waals surface area contributed by atoms with Gasteiger partial charge in [-0.1, -0.05) is 25.5 Å². The first-order valence-corrected chi connectivity index (χ1v) is 5.43. The average molecular weight is 239 g/mol. The third-order valence-electron chi connectivity index (χ3n) is 1.78. The molecule has 0 spiro atoms. The number of unbranched alkanes of at least 4 members (excludes halogenated alkanes) is 1. The quantitative estimate of drug-likeness (QED) is 0.824. The number of hydrogen-bond acceptors (Lipinski definition) is 3. The van der Waals surface area contributed by atoms with Gasteiger partial charge < -0.3 is 5.73 Å². The Hall–Kier alpha value is -1.37. The van der Waals surface area contributed by atoms with Crippen LogP contribution in [0.15, 0.2) is 24.3 Å². The summed E-state index contributed by atoms with van der Waals surface area (Å²) >= 11 is 5.18. The summed E-state index contributed by atoms with van der Waals surface area (Å²) in [6.45, 7) is 2.98. The second-order valence-electron chi connectivity index (χ2n) is 3.11. The molecule has 0 saturated carbocycles. The van der Waals surface area contributed by atoms with E-state index in [9.17, 15) is 4.79 Å². The molecule has 1 aromatic rings. The SMILES string of the molecule is CCCCN.N#Cc1cccc(C(=O)Cl)c1. The van der Waals surface area contributed by atoms with E-state index in [0.717, 1.165) is 6.54 Å². The third kappa shape index (κ3) is 6.18. The van der Waals surface area contributed by atoms with Gasteiger partial charge in [0.15, 0.2) is 0 Å². The Morgan fingerprint density at radius 3 is 2.62 bits per heavy atom. The number of rotatable bonds is 3. The molecule has 0 bridgehead atoms. The van der Waals surface area contributed by atoms with Crippen molar-refractivity contribution >= 4 is 16.8 Å². The van der Waals surface area contributed by atoms with Gasteiger partial charge in [0.1, 0.15) is 0 Å². The van der Waals surface area contributed by atoms with Crippen LogP contribution in [0.25, 0.3) is 0 Å². The van der Waals surface area contributed by atoms with Gasteiger partial charge in [0.05, 0.1) is 11.6 Å². The Morgan fingerprint density at radius 2 is 2.25 bits per heavy atom. The van der Waals surface area contributed by atoms with E-state index in [1.165, 1.54) is 18.9 Å². The number of carbonyl (C=O) groups is 1. The van der Waals surface area contributed by atoms with E-state index in [2.05, 4.69) is 6.92 Å². The summed E-state index contributed by atoms with van der Waals surface area (Å²) in [6.07, 6.45) is 2.39. The zero-order chi connectivity index (χ0) is 12.4. The van der Waals surface area contributed by atoms with Crippen LogP contribution in [0.2, 0.25) is 0 Å². The summed E-state index contributed by atoms with van der Waals surface area (Å²) in [4.78, 5) is 10.6. The van der Waals surface area contributed by atoms with Gasteiger partial charge in [0.25, 0.3) is 5.24 Å². The highest BCUT2D eigenvalue weighted by Gasteiger charge is 2.00. The lowest BCUT2D eigenvalue weighted by atomic mass is 10.1. The van der Waals surface area contributed by atoms with Crippen LogP contribution in [0, 0.1) is 11.3 Å². The second kappa shape index (κ2) is 8.90. The van der Waals surface area contributed by atoms with Crippen LogP contribution in [0.5, 0.6) is 0 Å². The molecule has 2 N–H and O–H groups in total. The van der Waals surface area contributed by atoms with Crippen molar-refractivity contribution in [3.63, 3.8) is 0 Å². The summed E-state index contributed by atoms with van der Waals surface area (Å²) < 4.78 is 0. The molecule has 1 rings (SSSR count). The second-order valence-corrected chi connectivity index (χ2v) is 3.45. The van der Waals surface area contributed by atoms with E-state index in [1.54, 1.807) is 18.2 Å². The van der Waals surface area contributed by atoms with E-state index < -0.39 is 5.24 Å². The van der Waals surface area contributed by atoms with Crippen LogP contribution >= 0.6 is 11.6 Å². The molecule has 0 unspecified atom stereocenters. The van der Waals surface area contributed by atoms with Gasteiger partial charge in [-0.05, 0) is 36.7 Å². The molecule has 0 atom stereocenters. The van der Waals surface area contributed by atoms with Crippen LogP contribution in [-0.4, -0.2) is 11.8 Å². The van der Waals surface area contributed by atoms with Crippen LogP contribution in [0.1, 0.15) is 35.7 Å². The Kier molecular flexibility index (Phi) is 8.14. The van der Waals surface area contributed by atoms with E-state index in [-0.39, 0.29) is 0 Å². The lowest BCUT2D eigenvalue weighted by molar-refractivity contribution is 0.108. The number of hydrogen-bond donors (Lipinski definition) is 1. The lowest BCUT2D eigenvalue weighted by Gasteiger charge is -1.91. The maximum absolute atomic E-state index is 10.6. The fraction of sp³-hybridized carbons (Fsp3) is 0.333. The number of halogens is 1. The monoisotopic (exact) mass is 238 g/mol. The van der Waals surface area contributed by atoms with Gasteiger partial charge in [-0.2, -0.15) is 5.26 Å². The summed E-state index contributed by atoms with van der Waals surface area (Å²) in [5.41, 5.74) is 5.93. The zero-order valence-corrected chi connectivity index (χ0v) is 10.00. The van der Waals surface area contributed by atoms with E-state index in [4.69, 9.17) is 22.6 Å². The number of nitriles is 1. The minimum Gasteiger partial charge on any atom is -0.330 e. The fourth-order valence-electron chi connectivity index (χ4n) is 0.915. The van der Waals surface area contributed by atoms with Crippen LogP contribution in [0.4, 0.5) is 0 Å². The van der Waals surface area contributed by atoms with Crippen LogP contribution < -0.4 is 5.73 Å². The Labute approximate surface area is 101 Å². The summed E-state index contributed by atoms with van der Waals surface area (Å²) in [7, 11) is 0. The number of nitrogens with two attached hydrogens (primary N) is 1. The molecule has 3 nitrogen and oxygen atoms in total. The highest BCUT2D eigenvalue weighted by Crippen LogP contribution is 2.06. The molecule has 0 aliphatic rings. The Bertz CT molecular complexity index is 370. The van der Waals surface area contributed by atoms with Crippen molar-refractivity contribution in [3.8, 4) is 6.07 Å². The van der Waals surface area contributed by atoms with Crippen molar-refractivity contribution < 1.29 is 4.79 Å². The normalized spacial score (nSPS) is 8.62. The van der Waals surface area contributed by atoms with Gasteiger partial charge in [-0.3, -0.25) is 4.79 Å². The van der Waals surface area contributed by atoms with Gasteiger partial charge >= 0.3 is 0 Å². The highest BCUT2D eigenvalue weighted by atomic mass is 35.5. The molecule has 0 fully saturated rings. The Morgan fingerprint density at radius 1 is 1.56 bits per heavy atom. The van der Waals surface area contributed by atoms with E-state index in [1.807, 2.05) is 6.07 Å². The molecule has 86 valence electrons. The molecule has 0 heterocycles. The molecule has 0 saturated heterocycles. The fourth-order valence-corrected chi connectivity index (χ4v) is 1.03. The van der Waals surface area contributed by atoms with Crippen LogP contribution in [-0.2, 0) is 0 Å². The topological polar surface area (TPSA) is 66.9 Å². The average Bonchev–Trinajstić information content (AvgIpc) is 2.31. The molecule has 16 heavy (non-hydrogen) atoms. The van der Waals surface area contributed by atoms with Gasteiger partial charge in [0.2, 0.25) is 0 Å². The first-order chi connectivity index (χ1) is 7.65. The molecular weight excluding hydrogens is 224 g/mol. The minimum absolute atomic E-state index is 0.353. The van der Waals surface area contributed by atoms with Crippen molar-refractivity contribution in [2.75, 3.05) is 6.54 Å². The molecule has 0 aliphatic carbocycles. The molecule has 1 aromatic carbocycles. The Balaban J connectivity index is 0.000000385. The number of carbonyl (C=O) groups excluding carboxylic acids is 1. The number of benzene rings is 1. The third-order valence-corrected chi connectivity index (χ3v) is 1.99. The molecule has 4 heteroatoms. The van der Waals surface area contributed by atoms with Gasteiger partial charge in [0, 0.05) is 5.56 Å².